The number of amides is 1. The van der Waals surface area contributed by atoms with E-state index >= 15 is 0 Å². The molecular formula is C14H22N2O4S2. The van der Waals surface area contributed by atoms with E-state index < -0.39 is 26.8 Å². The van der Waals surface area contributed by atoms with Gasteiger partial charge in [0.25, 0.3) is 0 Å². The lowest BCUT2D eigenvalue weighted by Gasteiger charge is -2.33. The number of carbonyl (C=O) groups is 1. The molecule has 0 saturated carbocycles. The van der Waals surface area contributed by atoms with Gasteiger partial charge in [0.15, 0.2) is 9.84 Å². The second-order valence-corrected chi connectivity index (χ2v) is 9.72. The Balaban J connectivity index is 2.02. The van der Waals surface area contributed by atoms with Gasteiger partial charge in [-0.1, -0.05) is 0 Å². The van der Waals surface area contributed by atoms with Crippen LogP contribution in [0.25, 0.3) is 0 Å². The smallest absolute Gasteiger partial charge is 0.410 e. The largest absolute Gasteiger partial charge is 0.444 e. The number of ether oxygens (including phenoxy) is 1. The summed E-state index contributed by atoms with van der Waals surface area (Å²) in [5.41, 5.74) is 1.05. The maximum absolute atomic E-state index is 12.5. The molecule has 0 N–H and O–H groups in total. The van der Waals surface area contributed by atoms with Gasteiger partial charge in [-0.3, -0.25) is 4.98 Å². The number of thiazole rings is 1. The Labute approximate surface area is 135 Å². The number of hydrogen-bond acceptors (Lipinski definition) is 6. The average Bonchev–Trinajstić information content (AvgIpc) is 2.89. The van der Waals surface area contributed by atoms with Crippen molar-refractivity contribution in [1.82, 2.24) is 9.88 Å². The van der Waals surface area contributed by atoms with Crippen molar-refractivity contribution in [2.45, 2.75) is 50.2 Å². The minimum absolute atomic E-state index is 0.00943. The van der Waals surface area contributed by atoms with Gasteiger partial charge in [-0.15, -0.1) is 11.3 Å². The maximum atomic E-state index is 12.5. The highest BCUT2D eigenvalue weighted by Crippen LogP contribution is 2.23. The Kier molecular flexibility index (Phi) is 5.11. The summed E-state index contributed by atoms with van der Waals surface area (Å²) in [6.07, 6.45) is 2.40. The highest BCUT2D eigenvalue weighted by molar-refractivity contribution is 7.91. The van der Waals surface area contributed by atoms with Crippen LogP contribution in [0.5, 0.6) is 0 Å². The van der Waals surface area contributed by atoms with Crippen molar-refractivity contribution in [1.29, 1.82) is 0 Å². The molecule has 1 amide bonds. The first kappa shape index (κ1) is 17.2. The zero-order valence-corrected chi connectivity index (χ0v) is 14.7. The van der Waals surface area contributed by atoms with E-state index in [1.54, 1.807) is 32.5 Å². The third kappa shape index (κ3) is 4.67. The second-order valence-electron chi connectivity index (χ2n) is 6.47. The highest BCUT2D eigenvalue weighted by atomic mass is 32.2. The molecule has 2 heterocycles. The number of nitrogens with zero attached hydrogens (tertiary/aromatic N) is 2. The van der Waals surface area contributed by atoms with Gasteiger partial charge in [0.2, 0.25) is 0 Å². The molecule has 1 aliphatic heterocycles. The quantitative estimate of drug-likeness (QED) is 0.840. The summed E-state index contributed by atoms with van der Waals surface area (Å²) in [6.45, 7) is 6.14. The van der Waals surface area contributed by atoms with Crippen molar-refractivity contribution in [3.05, 3.63) is 16.6 Å². The summed E-state index contributed by atoms with van der Waals surface area (Å²) in [5, 5.41) is -0.532. The molecule has 6 nitrogen and oxygen atoms in total. The van der Waals surface area contributed by atoms with Gasteiger partial charge >= 0.3 is 6.09 Å². The SMILES string of the molecule is CC(C)(C)OC(=O)N1CCC[C@@H](S(=O)(=O)Cc2cncs2)C1. The van der Waals surface area contributed by atoms with Gasteiger partial charge in [0, 0.05) is 24.2 Å². The molecule has 0 spiro atoms. The third-order valence-electron chi connectivity index (χ3n) is 3.36. The number of piperidine rings is 1. The van der Waals surface area contributed by atoms with Crippen LogP contribution in [0.2, 0.25) is 0 Å². The monoisotopic (exact) mass is 346 g/mol. The Hall–Kier alpha value is -1.15. The third-order valence-corrected chi connectivity index (χ3v) is 6.44. The van der Waals surface area contributed by atoms with Gasteiger partial charge in [-0.05, 0) is 33.6 Å². The normalized spacial score (nSPS) is 20.0. The lowest BCUT2D eigenvalue weighted by molar-refractivity contribution is 0.0219. The van der Waals surface area contributed by atoms with E-state index in [-0.39, 0.29) is 12.3 Å². The van der Waals surface area contributed by atoms with Gasteiger partial charge in [0.1, 0.15) is 5.60 Å². The Bertz CT molecular complexity index is 605. The van der Waals surface area contributed by atoms with Crippen LogP contribution in [0.3, 0.4) is 0 Å². The predicted octanol–water partition coefficient (Wildman–Crippen LogP) is 2.46. The van der Waals surface area contributed by atoms with Crippen molar-refractivity contribution >= 4 is 27.3 Å². The Morgan fingerprint density at radius 1 is 1.50 bits per heavy atom. The van der Waals surface area contributed by atoms with Gasteiger partial charge < -0.3 is 9.64 Å². The molecule has 1 fully saturated rings. The van der Waals surface area contributed by atoms with Crippen molar-refractivity contribution < 1.29 is 17.9 Å². The van der Waals surface area contributed by atoms with Gasteiger partial charge in [-0.2, -0.15) is 0 Å². The minimum atomic E-state index is -3.30. The molecule has 1 atom stereocenters. The first-order chi connectivity index (χ1) is 10.2. The highest BCUT2D eigenvalue weighted by Gasteiger charge is 2.34. The summed E-state index contributed by atoms with van der Waals surface area (Å²) in [6, 6.07) is 0. The molecule has 0 aromatic carbocycles. The maximum Gasteiger partial charge on any atom is 0.410 e. The van der Waals surface area contributed by atoms with E-state index in [2.05, 4.69) is 4.98 Å². The number of carbonyl (C=O) groups excluding carboxylic acids is 1. The molecule has 1 saturated heterocycles. The number of likely N-dealkylation sites (tertiary alicyclic amines) is 1. The number of rotatable bonds is 3. The van der Waals surface area contributed by atoms with E-state index in [0.29, 0.717) is 19.4 Å². The first-order valence-corrected chi connectivity index (χ1v) is 9.84. The first-order valence-electron chi connectivity index (χ1n) is 7.24. The summed E-state index contributed by atoms with van der Waals surface area (Å²) in [5.74, 6) is -0.00943. The lowest BCUT2D eigenvalue weighted by atomic mass is 10.1. The summed E-state index contributed by atoms with van der Waals surface area (Å²) >= 11 is 1.33. The van der Waals surface area contributed by atoms with Crippen molar-refractivity contribution in [3.8, 4) is 0 Å². The number of hydrogen-bond donors (Lipinski definition) is 0. The van der Waals surface area contributed by atoms with Crippen LogP contribution in [-0.2, 0) is 20.3 Å². The van der Waals surface area contributed by atoms with Crippen LogP contribution >= 0.6 is 11.3 Å². The second kappa shape index (κ2) is 6.54. The summed E-state index contributed by atoms with van der Waals surface area (Å²) < 4.78 is 30.3. The van der Waals surface area contributed by atoms with Gasteiger partial charge in [0.05, 0.1) is 16.5 Å². The summed E-state index contributed by atoms with van der Waals surface area (Å²) in [4.78, 5) is 18.2. The average molecular weight is 346 g/mol. The zero-order chi connectivity index (χ0) is 16.4. The van der Waals surface area contributed by atoms with Crippen LogP contribution in [-0.4, -0.2) is 48.3 Å². The minimum Gasteiger partial charge on any atom is -0.444 e. The van der Waals surface area contributed by atoms with E-state index in [4.69, 9.17) is 4.74 Å². The van der Waals surface area contributed by atoms with E-state index in [0.717, 1.165) is 4.88 Å². The summed E-state index contributed by atoms with van der Waals surface area (Å²) in [7, 11) is -3.30. The van der Waals surface area contributed by atoms with Crippen LogP contribution in [0.1, 0.15) is 38.5 Å². The number of aromatic nitrogens is 1. The molecule has 22 heavy (non-hydrogen) atoms. The molecule has 1 aliphatic rings. The van der Waals surface area contributed by atoms with Crippen LogP contribution < -0.4 is 0 Å². The van der Waals surface area contributed by atoms with Crippen LogP contribution in [0.15, 0.2) is 11.7 Å². The van der Waals surface area contributed by atoms with Gasteiger partial charge in [-0.25, -0.2) is 13.2 Å². The fourth-order valence-electron chi connectivity index (χ4n) is 2.35. The van der Waals surface area contributed by atoms with Crippen LogP contribution in [0.4, 0.5) is 4.79 Å². The van der Waals surface area contributed by atoms with E-state index in [1.165, 1.54) is 16.2 Å². The lowest BCUT2D eigenvalue weighted by Crippen LogP contribution is -2.47. The number of sulfone groups is 1. The molecule has 0 bridgehead atoms. The Morgan fingerprint density at radius 2 is 2.23 bits per heavy atom. The molecule has 0 unspecified atom stereocenters. The van der Waals surface area contributed by atoms with E-state index in [9.17, 15) is 13.2 Å². The molecule has 1 aromatic rings. The van der Waals surface area contributed by atoms with Crippen molar-refractivity contribution in [3.63, 3.8) is 0 Å². The topological polar surface area (TPSA) is 76.6 Å². The van der Waals surface area contributed by atoms with E-state index in [1.807, 2.05) is 0 Å². The molecule has 0 radical (unpaired) electrons. The molecule has 2 rings (SSSR count). The molecule has 1 aromatic heterocycles. The van der Waals surface area contributed by atoms with Crippen molar-refractivity contribution in [2.75, 3.05) is 13.1 Å². The fraction of sp³-hybridized carbons (Fsp3) is 0.714. The van der Waals surface area contributed by atoms with Crippen LogP contribution in [0, 0.1) is 0 Å². The molecule has 0 aliphatic carbocycles. The molecular weight excluding hydrogens is 324 g/mol. The molecule has 8 heteroatoms. The molecule has 124 valence electrons. The predicted molar refractivity (Wildman–Crippen MR) is 85.6 cm³/mol. The Morgan fingerprint density at radius 3 is 2.82 bits per heavy atom. The fourth-order valence-corrected chi connectivity index (χ4v) is 5.14. The zero-order valence-electron chi connectivity index (χ0n) is 13.1. The standard InChI is InChI=1S/C14H22N2O4S2/c1-14(2,3)20-13(17)16-6-4-5-12(8-16)22(18,19)9-11-7-15-10-21-11/h7,10,12H,4-6,8-9H2,1-3H3/t12-/m1/s1. The van der Waals surface area contributed by atoms with Crippen molar-refractivity contribution in [2.24, 2.45) is 0 Å².